The van der Waals surface area contributed by atoms with E-state index in [1.807, 2.05) is 19.1 Å². The number of rotatable bonds is 12. The number of ketones is 1. The smallest absolute Gasteiger partial charge is 0.315 e. The van der Waals surface area contributed by atoms with Crippen LogP contribution in [-0.2, 0) is 32.0 Å². The van der Waals surface area contributed by atoms with Crippen molar-refractivity contribution >= 4 is 29.5 Å². The summed E-state index contributed by atoms with van der Waals surface area (Å²) < 4.78 is 0. The maximum Gasteiger partial charge on any atom is 0.315 e. The summed E-state index contributed by atoms with van der Waals surface area (Å²) in [7, 11) is 0. The molecule has 3 fully saturated rings. The van der Waals surface area contributed by atoms with Gasteiger partial charge in [0.1, 0.15) is 12.1 Å². The number of amides is 5. The first-order valence-corrected chi connectivity index (χ1v) is 16.2. The third kappa shape index (κ3) is 6.40. The van der Waals surface area contributed by atoms with Crippen molar-refractivity contribution in [2.24, 2.45) is 23.2 Å². The van der Waals surface area contributed by atoms with Gasteiger partial charge in [0.25, 0.3) is 5.91 Å². The summed E-state index contributed by atoms with van der Waals surface area (Å²) in [5, 5.41) is 11.4. The minimum absolute atomic E-state index is 0.0767. The second-order valence-electron chi connectivity index (χ2n) is 13.6. The highest BCUT2D eigenvalue weighted by atomic mass is 16.2. The van der Waals surface area contributed by atoms with Gasteiger partial charge in [0.05, 0.1) is 6.04 Å². The molecule has 1 aliphatic heterocycles. The monoisotopic (exact) mass is 605 g/mol. The highest BCUT2D eigenvalue weighted by Crippen LogP contribution is 2.65. The van der Waals surface area contributed by atoms with Crippen LogP contribution in [0.4, 0.5) is 4.79 Å². The fraction of sp³-hybridized carbons (Fsp3) is 0.618. The second-order valence-corrected chi connectivity index (χ2v) is 13.6. The highest BCUT2D eigenvalue weighted by Gasteiger charge is 2.69. The van der Waals surface area contributed by atoms with Gasteiger partial charge in [-0.3, -0.25) is 19.2 Å². The van der Waals surface area contributed by atoms with E-state index in [-0.39, 0.29) is 47.7 Å². The SMILES string of the molecule is C=CCNC(=O)C(=O)C(CCC)NC(=O)C1C2C(CN1C(=O)C(NC(=O)NC1CCCC1)C1Cc3ccccc3C1)C2(C)C. The Labute approximate surface area is 260 Å². The van der Waals surface area contributed by atoms with Crippen LogP contribution in [0.15, 0.2) is 36.9 Å². The third-order valence-corrected chi connectivity index (χ3v) is 10.4. The molecule has 5 unspecified atom stereocenters. The van der Waals surface area contributed by atoms with Crippen molar-refractivity contribution in [2.45, 2.75) is 96.3 Å². The van der Waals surface area contributed by atoms with Crippen molar-refractivity contribution in [3.8, 4) is 0 Å². The lowest BCUT2D eigenvalue weighted by Gasteiger charge is -2.35. The molecular formula is C34H47N5O5. The Morgan fingerprint density at radius 1 is 1.05 bits per heavy atom. The molecule has 1 aromatic carbocycles. The summed E-state index contributed by atoms with van der Waals surface area (Å²) in [4.78, 5) is 68.8. The van der Waals surface area contributed by atoms with Crippen molar-refractivity contribution in [1.29, 1.82) is 0 Å². The molecule has 10 heteroatoms. The molecule has 1 saturated heterocycles. The molecule has 1 heterocycles. The Balaban J connectivity index is 1.36. The Hall–Kier alpha value is -3.69. The van der Waals surface area contributed by atoms with Crippen LogP contribution in [0.3, 0.4) is 0 Å². The van der Waals surface area contributed by atoms with Crippen LogP contribution < -0.4 is 21.3 Å². The average molecular weight is 606 g/mol. The minimum Gasteiger partial charge on any atom is -0.346 e. The van der Waals surface area contributed by atoms with E-state index in [0.717, 1.165) is 25.7 Å². The van der Waals surface area contributed by atoms with Crippen LogP contribution in [0, 0.1) is 23.2 Å². The van der Waals surface area contributed by atoms with Crippen LogP contribution in [0.25, 0.3) is 0 Å². The summed E-state index contributed by atoms with van der Waals surface area (Å²) in [6, 6.07) is 5.25. The number of carbonyl (C=O) groups excluding carboxylic acids is 5. The molecule has 4 N–H and O–H groups in total. The van der Waals surface area contributed by atoms with Gasteiger partial charge in [-0.2, -0.15) is 0 Å². The van der Waals surface area contributed by atoms with Crippen molar-refractivity contribution in [2.75, 3.05) is 13.1 Å². The number of urea groups is 1. The maximum atomic E-state index is 14.5. The van der Waals surface area contributed by atoms with Crippen molar-refractivity contribution in [1.82, 2.24) is 26.2 Å². The molecular weight excluding hydrogens is 558 g/mol. The third-order valence-electron chi connectivity index (χ3n) is 10.4. The molecule has 5 atom stereocenters. The molecule has 2 saturated carbocycles. The van der Waals surface area contributed by atoms with Crippen LogP contribution in [0.1, 0.15) is 70.4 Å². The summed E-state index contributed by atoms with van der Waals surface area (Å²) in [5.41, 5.74) is 2.20. The second kappa shape index (κ2) is 13.1. The number of piperidine rings is 1. The van der Waals surface area contributed by atoms with Gasteiger partial charge in [-0.15, -0.1) is 6.58 Å². The first-order valence-electron chi connectivity index (χ1n) is 16.2. The van der Waals surface area contributed by atoms with Crippen LogP contribution in [0.2, 0.25) is 0 Å². The van der Waals surface area contributed by atoms with Gasteiger partial charge in [0.15, 0.2) is 0 Å². The normalized spacial score (nSPS) is 24.9. The number of nitrogens with zero attached hydrogens (tertiary/aromatic N) is 1. The zero-order valence-electron chi connectivity index (χ0n) is 26.2. The van der Waals surface area contributed by atoms with Gasteiger partial charge in [0.2, 0.25) is 17.6 Å². The number of fused-ring (bicyclic) bond motifs is 2. The summed E-state index contributed by atoms with van der Waals surface area (Å²) in [6.07, 6.45) is 7.69. The molecule has 5 amide bonds. The molecule has 0 spiro atoms. The zero-order valence-corrected chi connectivity index (χ0v) is 26.2. The van der Waals surface area contributed by atoms with E-state index >= 15 is 0 Å². The maximum absolute atomic E-state index is 14.5. The van der Waals surface area contributed by atoms with Crippen LogP contribution >= 0.6 is 0 Å². The first-order chi connectivity index (χ1) is 21.1. The number of hydrogen-bond donors (Lipinski definition) is 4. The predicted octanol–water partition coefficient (Wildman–Crippen LogP) is 2.65. The molecule has 0 radical (unpaired) electrons. The first kappa shape index (κ1) is 31.7. The Morgan fingerprint density at radius 3 is 2.32 bits per heavy atom. The Kier molecular flexibility index (Phi) is 9.46. The van der Waals surface area contributed by atoms with E-state index in [9.17, 15) is 24.0 Å². The fourth-order valence-corrected chi connectivity index (χ4v) is 7.86. The quantitative estimate of drug-likeness (QED) is 0.215. The molecule has 44 heavy (non-hydrogen) atoms. The van der Waals surface area contributed by atoms with Crippen molar-refractivity contribution < 1.29 is 24.0 Å². The highest BCUT2D eigenvalue weighted by molar-refractivity contribution is 6.38. The molecule has 3 aliphatic carbocycles. The lowest BCUT2D eigenvalue weighted by Crippen LogP contribution is -2.60. The number of nitrogens with one attached hydrogen (secondary N) is 4. The van der Waals surface area contributed by atoms with Gasteiger partial charge in [-0.25, -0.2) is 4.79 Å². The minimum atomic E-state index is -0.995. The van der Waals surface area contributed by atoms with E-state index in [0.29, 0.717) is 32.2 Å². The summed E-state index contributed by atoms with van der Waals surface area (Å²) in [6.45, 7) is 10.2. The Morgan fingerprint density at radius 2 is 1.70 bits per heavy atom. The molecule has 0 aromatic heterocycles. The topological polar surface area (TPSA) is 137 Å². The predicted molar refractivity (Wildman–Crippen MR) is 166 cm³/mol. The summed E-state index contributed by atoms with van der Waals surface area (Å²) >= 11 is 0. The van der Waals surface area contributed by atoms with Crippen molar-refractivity contribution in [3.05, 3.63) is 48.0 Å². The number of likely N-dealkylation sites (tertiary alicyclic amines) is 1. The molecule has 4 aliphatic rings. The number of Topliss-reactive ketones (excluding diaryl/α,β-unsaturated/α-hetero) is 1. The van der Waals surface area contributed by atoms with E-state index in [4.69, 9.17) is 0 Å². The van der Waals surface area contributed by atoms with Gasteiger partial charge >= 0.3 is 6.03 Å². The van der Waals surface area contributed by atoms with Gasteiger partial charge in [-0.05, 0) is 66.4 Å². The number of benzene rings is 1. The molecule has 5 rings (SSSR count). The standard InChI is InChI=1S/C34H47N5O5/c1-5-11-25(29(40)31(42)35-16-6-2)37-30(41)28-26-24(34(26,3)4)19-39(28)32(43)27(38-33(44)36-23-14-9-10-15-23)22-17-20-12-7-8-13-21(20)18-22/h6-8,12-13,22-28H,2,5,9-11,14-19H2,1,3-4H3,(H,35,42)(H,37,41)(H2,36,38,44). The van der Waals surface area contributed by atoms with Crippen LogP contribution in [-0.4, -0.2) is 71.7 Å². The van der Waals surface area contributed by atoms with Gasteiger partial charge in [0, 0.05) is 19.1 Å². The van der Waals surface area contributed by atoms with E-state index in [2.05, 4.69) is 53.8 Å². The lowest BCUT2D eigenvalue weighted by atomic mass is 9.93. The molecule has 10 nitrogen and oxygen atoms in total. The van der Waals surface area contributed by atoms with E-state index in [1.165, 1.54) is 17.2 Å². The Bertz CT molecular complexity index is 1280. The van der Waals surface area contributed by atoms with E-state index < -0.39 is 35.7 Å². The zero-order chi connectivity index (χ0) is 31.6. The molecule has 238 valence electrons. The number of carbonyl (C=O) groups is 5. The van der Waals surface area contributed by atoms with Gasteiger partial charge < -0.3 is 26.2 Å². The summed E-state index contributed by atoms with van der Waals surface area (Å²) in [5.74, 6) is -2.27. The van der Waals surface area contributed by atoms with Gasteiger partial charge in [-0.1, -0.05) is 70.4 Å². The molecule has 0 bridgehead atoms. The average Bonchev–Trinajstić information content (AvgIpc) is 3.57. The molecule has 1 aromatic rings. The van der Waals surface area contributed by atoms with E-state index in [1.54, 1.807) is 4.90 Å². The number of hydrogen-bond acceptors (Lipinski definition) is 5. The van der Waals surface area contributed by atoms with Crippen molar-refractivity contribution in [3.63, 3.8) is 0 Å². The fourth-order valence-electron chi connectivity index (χ4n) is 7.86. The largest absolute Gasteiger partial charge is 0.346 e. The lowest BCUT2D eigenvalue weighted by molar-refractivity contribution is -0.144. The van der Waals surface area contributed by atoms with Crippen LogP contribution in [0.5, 0.6) is 0 Å².